The molecule has 0 bridgehead atoms. The summed E-state index contributed by atoms with van der Waals surface area (Å²) < 4.78 is 11.9. The Kier molecular flexibility index (Phi) is 7.32. The van der Waals surface area contributed by atoms with E-state index in [1.165, 1.54) is 0 Å². The molecule has 0 spiro atoms. The van der Waals surface area contributed by atoms with Crippen LogP contribution in [0.4, 0.5) is 0 Å². The molecule has 4 heteroatoms. The molecule has 0 aliphatic carbocycles. The van der Waals surface area contributed by atoms with E-state index in [2.05, 4.69) is 57.7 Å². The molecule has 0 aromatic heterocycles. The maximum Gasteiger partial charge on any atom is 0.193 e. The molecule has 0 amide bonds. The SMILES string of the molecule is C#Cc1c(CC(C#CCO)O[Si](C)(C)C(C)(C)C)cc(C)cc1OC. The number of terminal acetylenes is 1. The van der Waals surface area contributed by atoms with E-state index in [1.54, 1.807) is 7.11 Å². The second-order valence-corrected chi connectivity index (χ2v) is 12.5. The van der Waals surface area contributed by atoms with E-state index >= 15 is 0 Å². The van der Waals surface area contributed by atoms with Gasteiger partial charge in [0.15, 0.2) is 8.32 Å². The van der Waals surface area contributed by atoms with E-state index in [-0.39, 0.29) is 17.7 Å². The van der Waals surface area contributed by atoms with Crippen molar-refractivity contribution in [3.63, 3.8) is 0 Å². The zero-order valence-electron chi connectivity index (χ0n) is 16.5. The highest BCUT2D eigenvalue weighted by Gasteiger charge is 2.39. The molecule has 1 aromatic rings. The van der Waals surface area contributed by atoms with Gasteiger partial charge in [-0.25, -0.2) is 0 Å². The van der Waals surface area contributed by atoms with Gasteiger partial charge in [0.2, 0.25) is 0 Å². The Morgan fingerprint density at radius 2 is 1.92 bits per heavy atom. The minimum atomic E-state index is -2.00. The predicted octanol–water partition coefficient (Wildman–Crippen LogP) is 3.91. The van der Waals surface area contributed by atoms with Crippen molar-refractivity contribution in [1.82, 2.24) is 0 Å². The zero-order chi connectivity index (χ0) is 19.3. The number of aliphatic hydroxyl groups excluding tert-OH is 1. The minimum Gasteiger partial charge on any atom is -0.495 e. The van der Waals surface area contributed by atoms with Crippen molar-refractivity contribution < 1.29 is 14.3 Å². The largest absolute Gasteiger partial charge is 0.495 e. The lowest BCUT2D eigenvalue weighted by atomic mass is 9.98. The van der Waals surface area contributed by atoms with E-state index in [9.17, 15) is 0 Å². The number of hydrogen-bond acceptors (Lipinski definition) is 3. The number of hydrogen-bond donors (Lipinski definition) is 1. The molecule has 1 aromatic carbocycles. The standard InChI is InChI=1S/C21H30O3Si/c1-9-19-17(13-16(2)14-20(19)23-6)15-18(11-10-12-22)24-25(7,8)21(3,4)5/h1,13-14,18,22H,12,15H2,2-8H3. The lowest BCUT2D eigenvalue weighted by molar-refractivity contribution is 0.233. The summed E-state index contributed by atoms with van der Waals surface area (Å²) in [4.78, 5) is 0. The highest BCUT2D eigenvalue weighted by Crippen LogP contribution is 2.38. The van der Waals surface area contributed by atoms with Crippen molar-refractivity contribution in [3.8, 4) is 29.9 Å². The monoisotopic (exact) mass is 358 g/mol. The van der Waals surface area contributed by atoms with Gasteiger partial charge >= 0.3 is 0 Å². The Morgan fingerprint density at radius 3 is 2.40 bits per heavy atom. The van der Waals surface area contributed by atoms with Gasteiger partial charge in [-0.2, -0.15) is 0 Å². The Morgan fingerprint density at radius 1 is 1.28 bits per heavy atom. The van der Waals surface area contributed by atoms with E-state index in [1.807, 2.05) is 13.0 Å². The molecule has 25 heavy (non-hydrogen) atoms. The Balaban J connectivity index is 3.25. The van der Waals surface area contributed by atoms with Crippen molar-refractivity contribution >= 4 is 8.32 Å². The summed E-state index contributed by atoms with van der Waals surface area (Å²) in [6, 6.07) is 3.99. The highest BCUT2D eigenvalue weighted by atomic mass is 28.4. The summed E-state index contributed by atoms with van der Waals surface area (Å²) in [5, 5.41) is 9.17. The summed E-state index contributed by atoms with van der Waals surface area (Å²) >= 11 is 0. The molecule has 1 rings (SSSR count). The first kappa shape index (κ1) is 21.3. The third-order valence-electron chi connectivity index (χ3n) is 4.68. The molecule has 1 unspecified atom stereocenters. The van der Waals surface area contributed by atoms with Gasteiger partial charge in [-0.1, -0.05) is 44.6 Å². The van der Waals surface area contributed by atoms with E-state index in [0.717, 1.165) is 16.7 Å². The van der Waals surface area contributed by atoms with E-state index in [4.69, 9.17) is 20.7 Å². The topological polar surface area (TPSA) is 38.7 Å². The van der Waals surface area contributed by atoms with Gasteiger partial charge < -0.3 is 14.3 Å². The molecule has 0 radical (unpaired) electrons. The molecule has 0 aliphatic rings. The van der Waals surface area contributed by atoms with Crippen LogP contribution in [-0.4, -0.2) is 33.2 Å². The summed E-state index contributed by atoms with van der Waals surface area (Å²) in [5.74, 6) is 9.22. The van der Waals surface area contributed by atoms with Crippen molar-refractivity contribution in [2.45, 2.75) is 58.4 Å². The van der Waals surface area contributed by atoms with Crippen molar-refractivity contribution in [3.05, 3.63) is 28.8 Å². The average molecular weight is 359 g/mol. The van der Waals surface area contributed by atoms with Gasteiger partial charge in [-0.15, -0.1) is 6.42 Å². The predicted molar refractivity (Wildman–Crippen MR) is 106 cm³/mol. The molecular formula is C21H30O3Si. The van der Waals surface area contributed by atoms with Crippen LogP contribution in [0.5, 0.6) is 5.75 Å². The van der Waals surface area contributed by atoms with Gasteiger partial charge in [0.05, 0.1) is 12.7 Å². The first-order valence-corrected chi connectivity index (χ1v) is 11.4. The minimum absolute atomic E-state index is 0.0748. The normalized spacial score (nSPS) is 12.8. The van der Waals surface area contributed by atoms with Crippen LogP contribution in [0.15, 0.2) is 12.1 Å². The fourth-order valence-electron chi connectivity index (χ4n) is 2.33. The van der Waals surface area contributed by atoms with Crippen molar-refractivity contribution in [2.24, 2.45) is 0 Å². The first-order chi connectivity index (χ1) is 11.6. The zero-order valence-corrected chi connectivity index (χ0v) is 17.5. The average Bonchev–Trinajstić information content (AvgIpc) is 2.50. The number of ether oxygens (including phenoxy) is 1. The molecule has 0 aliphatic heterocycles. The van der Waals surface area contributed by atoms with Crippen LogP contribution in [0.2, 0.25) is 18.1 Å². The second kappa shape index (κ2) is 8.58. The Labute approximate surface area is 153 Å². The number of benzene rings is 1. The lowest BCUT2D eigenvalue weighted by Gasteiger charge is -2.38. The molecule has 1 N–H and O–H groups in total. The van der Waals surface area contributed by atoms with Crippen LogP contribution in [0.3, 0.4) is 0 Å². The molecule has 0 fully saturated rings. The van der Waals surface area contributed by atoms with Crippen molar-refractivity contribution in [1.29, 1.82) is 0 Å². The molecule has 136 valence electrons. The maximum atomic E-state index is 9.10. The number of aliphatic hydroxyl groups is 1. The highest BCUT2D eigenvalue weighted by molar-refractivity contribution is 6.74. The van der Waals surface area contributed by atoms with Gasteiger partial charge in [-0.3, -0.25) is 0 Å². The summed E-state index contributed by atoms with van der Waals surface area (Å²) in [5.41, 5.74) is 2.80. The lowest BCUT2D eigenvalue weighted by Crippen LogP contribution is -2.44. The van der Waals surface area contributed by atoms with Crippen molar-refractivity contribution in [2.75, 3.05) is 13.7 Å². The van der Waals surface area contributed by atoms with Gasteiger partial charge in [0.1, 0.15) is 18.5 Å². The van der Waals surface area contributed by atoms with Crippen LogP contribution < -0.4 is 4.74 Å². The fourth-order valence-corrected chi connectivity index (χ4v) is 3.53. The molecule has 3 nitrogen and oxygen atoms in total. The molecule has 1 atom stereocenters. The third kappa shape index (κ3) is 5.65. The Bertz CT molecular complexity index is 697. The van der Waals surface area contributed by atoms with E-state index in [0.29, 0.717) is 12.2 Å². The van der Waals surface area contributed by atoms with Gasteiger partial charge in [0, 0.05) is 6.42 Å². The van der Waals surface area contributed by atoms with Gasteiger partial charge in [-0.05, 0) is 42.2 Å². The second-order valence-electron chi connectivity index (χ2n) is 7.70. The van der Waals surface area contributed by atoms with E-state index < -0.39 is 8.32 Å². The van der Waals surface area contributed by atoms with Crippen LogP contribution in [0.25, 0.3) is 0 Å². The molecule has 0 saturated heterocycles. The molecule has 0 heterocycles. The van der Waals surface area contributed by atoms with Gasteiger partial charge in [0.25, 0.3) is 0 Å². The summed E-state index contributed by atoms with van der Waals surface area (Å²) in [7, 11) is -0.382. The summed E-state index contributed by atoms with van der Waals surface area (Å²) in [6.07, 6.45) is 5.96. The van der Waals surface area contributed by atoms with Crippen LogP contribution >= 0.6 is 0 Å². The number of rotatable bonds is 5. The number of aryl methyl sites for hydroxylation is 1. The summed E-state index contributed by atoms with van der Waals surface area (Å²) in [6.45, 7) is 12.8. The first-order valence-electron chi connectivity index (χ1n) is 8.47. The molecule has 0 saturated carbocycles. The van der Waals surface area contributed by atoms with Crippen LogP contribution in [-0.2, 0) is 10.8 Å². The van der Waals surface area contributed by atoms with Crippen LogP contribution in [0, 0.1) is 31.1 Å². The third-order valence-corrected chi connectivity index (χ3v) is 9.17. The Hall–Kier alpha value is -1.72. The number of methoxy groups -OCH3 is 1. The fraction of sp³-hybridized carbons (Fsp3) is 0.524. The maximum absolute atomic E-state index is 9.10. The smallest absolute Gasteiger partial charge is 0.193 e. The molecular weight excluding hydrogens is 328 g/mol. The van der Waals surface area contributed by atoms with Crippen LogP contribution in [0.1, 0.15) is 37.5 Å². The quantitative estimate of drug-likeness (QED) is 0.640.